The van der Waals surface area contributed by atoms with Crippen molar-refractivity contribution in [2.24, 2.45) is 5.92 Å². The van der Waals surface area contributed by atoms with Crippen LogP contribution in [0.15, 0.2) is 26.0 Å². The molecule has 148 valence electrons. The summed E-state index contributed by atoms with van der Waals surface area (Å²) < 4.78 is 11.1. The lowest BCUT2D eigenvalue weighted by molar-refractivity contribution is -0.143. The number of benzene rings is 1. The van der Waals surface area contributed by atoms with Crippen LogP contribution in [0.1, 0.15) is 36.1 Å². The summed E-state index contributed by atoms with van der Waals surface area (Å²) in [5.74, 6) is -1.93. The Labute approximate surface area is 161 Å². The zero-order valence-corrected chi connectivity index (χ0v) is 16.5. The Bertz CT molecular complexity index is 1150. The second-order valence-electron chi connectivity index (χ2n) is 7.47. The summed E-state index contributed by atoms with van der Waals surface area (Å²) in [6, 6.07) is 0.875. The highest BCUT2D eigenvalue weighted by molar-refractivity contribution is 6.00. The van der Waals surface area contributed by atoms with Crippen LogP contribution in [0.2, 0.25) is 0 Å². The minimum atomic E-state index is -1.11. The summed E-state index contributed by atoms with van der Waals surface area (Å²) in [6.07, 6.45) is 1.40. The fraction of sp³-hybridized carbons (Fsp3) is 0.381. The molecule has 7 heteroatoms. The third-order valence-corrected chi connectivity index (χ3v) is 5.12. The number of amides is 1. The average molecular weight is 385 g/mol. The van der Waals surface area contributed by atoms with E-state index in [0.717, 1.165) is 21.9 Å². The van der Waals surface area contributed by atoms with Crippen molar-refractivity contribution in [1.82, 2.24) is 5.32 Å². The molecule has 3 aromatic rings. The van der Waals surface area contributed by atoms with Crippen molar-refractivity contribution in [3.05, 3.63) is 45.0 Å². The second-order valence-corrected chi connectivity index (χ2v) is 7.47. The van der Waals surface area contributed by atoms with Crippen molar-refractivity contribution in [2.75, 3.05) is 0 Å². The maximum Gasteiger partial charge on any atom is 0.340 e. The van der Waals surface area contributed by atoms with Gasteiger partial charge in [0, 0.05) is 16.3 Å². The number of nitrogens with one attached hydrogen (secondary N) is 1. The molecule has 0 aliphatic carbocycles. The number of carbonyl (C=O) groups is 2. The lowest BCUT2D eigenvalue weighted by atomic mass is 9.98. The van der Waals surface area contributed by atoms with Gasteiger partial charge in [-0.15, -0.1) is 0 Å². The molecule has 1 atom stereocenters. The molecule has 2 N–H and O–H groups in total. The fourth-order valence-corrected chi connectivity index (χ4v) is 3.42. The topological polar surface area (TPSA) is 110 Å². The van der Waals surface area contributed by atoms with Crippen LogP contribution >= 0.6 is 0 Å². The van der Waals surface area contributed by atoms with Crippen LogP contribution < -0.4 is 10.9 Å². The van der Waals surface area contributed by atoms with Gasteiger partial charge in [0.05, 0.1) is 18.2 Å². The van der Waals surface area contributed by atoms with E-state index >= 15 is 0 Å². The molecule has 0 aliphatic rings. The van der Waals surface area contributed by atoms with E-state index in [1.54, 1.807) is 27.0 Å². The average Bonchev–Trinajstić information content (AvgIpc) is 2.98. The SMILES string of the molecule is Cc1coc2c(C)c3oc(=O)c(CC(=O)NC(C(=O)O)C(C)C)c(C)c3cc12. The molecule has 1 aromatic carbocycles. The first-order chi connectivity index (χ1) is 13.1. The Balaban J connectivity index is 2.06. The zero-order valence-electron chi connectivity index (χ0n) is 16.5. The fourth-order valence-electron chi connectivity index (χ4n) is 3.42. The van der Waals surface area contributed by atoms with Gasteiger partial charge < -0.3 is 19.3 Å². The van der Waals surface area contributed by atoms with Crippen LogP contribution in [-0.4, -0.2) is 23.0 Å². The number of aryl methyl sites for hydroxylation is 3. The van der Waals surface area contributed by atoms with Crippen LogP contribution in [0.25, 0.3) is 21.9 Å². The number of carboxylic acids is 1. The lowest BCUT2D eigenvalue weighted by Crippen LogP contribution is -2.45. The number of fused-ring (bicyclic) bond motifs is 2. The number of carboxylic acid groups (broad SMARTS) is 1. The molecule has 0 fully saturated rings. The Kier molecular flexibility index (Phi) is 5.02. The first-order valence-corrected chi connectivity index (χ1v) is 9.07. The van der Waals surface area contributed by atoms with E-state index in [2.05, 4.69) is 5.32 Å². The van der Waals surface area contributed by atoms with E-state index in [1.807, 2.05) is 19.9 Å². The van der Waals surface area contributed by atoms with Gasteiger partial charge in [0.25, 0.3) is 0 Å². The van der Waals surface area contributed by atoms with E-state index in [1.165, 1.54) is 0 Å². The van der Waals surface area contributed by atoms with Crippen molar-refractivity contribution < 1.29 is 23.5 Å². The second kappa shape index (κ2) is 7.14. The minimum Gasteiger partial charge on any atom is -0.480 e. The molecule has 0 aliphatic heterocycles. The van der Waals surface area contributed by atoms with E-state index in [9.17, 15) is 19.5 Å². The zero-order chi connectivity index (χ0) is 20.7. The normalized spacial score (nSPS) is 12.6. The molecule has 7 nitrogen and oxygen atoms in total. The van der Waals surface area contributed by atoms with Crippen LogP contribution in [0, 0.1) is 26.7 Å². The van der Waals surface area contributed by atoms with Gasteiger partial charge in [0.2, 0.25) is 5.91 Å². The first-order valence-electron chi connectivity index (χ1n) is 9.07. The van der Waals surface area contributed by atoms with Crippen molar-refractivity contribution in [1.29, 1.82) is 0 Å². The highest BCUT2D eigenvalue weighted by Gasteiger charge is 2.25. The maximum absolute atomic E-state index is 12.5. The molecule has 0 bridgehead atoms. The summed E-state index contributed by atoms with van der Waals surface area (Å²) in [7, 11) is 0. The molecule has 3 rings (SSSR count). The molecular formula is C21H23NO6. The maximum atomic E-state index is 12.5. The monoisotopic (exact) mass is 385 g/mol. The summed E-state index contributed by atoms with van der Waals surface area (Å²) in [5.41, 5.74) is 3.04. The Morgan fingerprint density at radius 2 is 1.79 bits per heavy atom. The molecule has 2 heterocycles. The van der Waals surface area contributed by atoms with E-state index in [0.29, 0.717) is 16.7 Å². The third-order valence-electron chi connectivity index (χ3n) is 5.12. The third kappa shape index (κ3) is 3.28. The van der Waals surface area contributed by atoms with Crippen molar-refractivity contribution >= 4 is 33.8 Å². The van der Waals surface area contributed by atoms with Gasteiger partial charge in [-0.25, -0.2) is 9.59 Å². The highest BCUT2D eigenvalue weighted by atomic mass is 16.4. The van der Waals surface area contributed by atoms with E-state index < -0.39 is 23.5 Å². The van der Waals surface area contributed by atoms with Gasteiger partial charge in [0.15, 0.2) is 0 Å². The number of hydrogen-bond acceptors (Lipinski definition) is 5. The summed E-state index contributed by atoms with van der Waals surface area (Å²) in [5, 5.41) is 13.4. The summed E-state index contributed by atoms with van der Waals surface area (Å²) in [4.78, 5) is 36.2. The molecule has 0 saturated carbocycles. The van der Waals surface area contributed by atoms with Gasteiger partial charge >= 0.3 is 11.6 Å². The van der Waals surface area contributed by atoms with E-state index in [4.69, 9.17) is 8.83 Å². The molecule has 1 amide bonds. The largest absolute Gasteiger partial charge is 0.480 e. The molecular weight excluding hydrogens is 362 g/mol. The number of aliphatic carboxylic acids is 1. The van der Waals surface area contributed by atoms with Gasteiger partial charge in [0.1, 0.15) is 17.2 Å². The Morgan fingerprint density at radius 1 is 1.11 bits per heavy atom. The predicted octanol–water partition coefficient (Wildman–Crippen LogP) is 3.23. The molecule has 2 aromatic heterocycles. The van der Waals surface area contributed by atoms with Crippen molar-refractivity contribution in [3.8, 4) is 0 Å². The van der Waals surface area contributed by atoms with Crippen LogP contribution in [0.4, 0.5) is 0 Å². The van der Waals surface area contributed by atoms with Crippen molar-refractivity contribution in [3.63, 3.8) is 0 Å². The minimum absolute atomic E-state index is 0.220. The molecule has 0 radical (unpaired) electrons. The lowest BCUT2D eigenvalue weighted by Gasteiger charge is -2.18. The highest BCUT2D eigenvalue weighted by Crippen LogP contribution is 2.32. The van der Waals surface area contributed by atoms with Gasteiger partial charge in [-0.1, -0.05) is 13.8 Å². The molecule has 1 unspecified atom stereocenters. The van der Waals surface area contributed by atoms with Gasteiger partial charge in [-0.05, 0) is 43.9 Å². The predicted molar refractivity (Wildman–Crippen MR) is 105 cm³/mol. The molecule has 0 spiro atoms. The number of rotatable bonds is 5. The number of carbonyl (C=O) groups excluding carboxylic acids is 1. The molecule has 0 saturated heterocycles. The summed E-state index contributed by atoms with van der Waals surface area (Å²) >= 11 is 0. The van der Waals surface area contributed by atoms with Crippen molar-refractivity contribution in [2.45, 2.75) is 47.1 Å². The quantitative estimate of drug-likeness (QED) is 0.653. The van der Waals surface area contributed by atoms with Gasteiger partial charge in [-0.3, -0.25) is 4.79 Å². The standard InChI is InChI=1S/C21H23NO6/c1-9(2)17(20(24)25)22-16(23)7-15-11(4)14-6-13-10(3)8-27-18(13)12(5)19(14)28-21(15)26/h6,8-9,17H,7H2,1-5H3,(H,22,23)(H,24,25). The smallest absolute Gasteiger partial charge is 0.340 e. The summed E-state index contributed by atoms with van der Waals surface area (Å²) in [6.45, 7) is 8.92. The van der Waals surface area contributed by atoms with Crippen LogP contribution in [-0.2, 0) is 16.0 Å². The van der Waals surface area contributed by atoms with E-state index in [-0.39, 0.29) is 17.9 Å². The number of hydrogen-bond donors (Lipinski definition) is 2. The Hall–Kier alpha value is -3.09. The number of furan rings is 1. The first kappa shape index (κ1) is 19.7. The van der Waals surface area contributed by atoms with Gasteiger partial charge in [-0.2, -0.15) is 0 Å². The van der Waals surface area contributed by atoms with Crippen LogP contribution in [0.5, 0.6) is 0 Å². The molecule has 28 heavy (non-hydrogen) atoms. The van der Waals surface area contributed by atoms with Crippen LogP contribution in [0.3, 0.4) is 0 Å². The Morgan fingerprint density at radius 3 is 2.39 bits per heavy atom.